The SMILES string of the molecule is C=C(c1cc(C(C)C)c(C(N)=O)c(C(C)C)c1)c1ccccn1. The van der Waals surface area contributed by atoms with Crippen LogP contribution in [0.15, 0.2) is 43.1 Å². The monoisotopic (exact) mass is 308 g/mol. The first-order valence-corrected chi connectivity index (χ1v) is 7.91. The summed E-state index contributed by atoms with van der Waals surface area (Å²) in [5, 5.41) is 0. The van der Waals surface area contributed by atoms with E-state index in [1.165, 1.54) is 0 Å². The lowest BCUT2D eigenvalue weighted by Gasteiger charge is -2.20. The molecular weight excluding hydrogens is 284 g/mol. The van der Waals surface area contributed by atoms with Crippen molar-refractivity contribution in [1.82, 2.24) is 4.98 Å². The highest BCUT2D eigenvalue weighted by Gasteiger charge is 2.20. The molecule has 2 N–H and O–H groups in total. The molecule has 1 amide bonds. The van der Waals surface area contributed by atoms with E-state index >= 15 is 0 Å². The molecule has 23 heavy (non-hydrogen) atoms. The van der Waals surface area contributed by atoms with Crippen molar-refractivity contribution in [2.45, 2.75) is 39.5 Å². The number of aromatic nitrogens is 1. The number of hydrogen-bond acceptors (Lipinski definition) is 2. The Kier molecular flexibility index (Phi) is 4.99. The van der Waals surface area contributed by atoms with Crippen LogP contribution in [0.5, 0.6) is 0 Å². The highest BCUT2D eigenvalue weighted by atomic mass is 16.1. The largest absolute Gasteiger partial charge is 0.366 e. The van der Waals surface area contributed by atoms with E-state index in [2.05, 4.69) is 39.3 Å². The van der Waals surface area contributed by atoms with E-state index in [0.29, 0.717) is 5.56 Å². The smallest absolute Gasteiger partial charge is 0.249 e. The van der Waals surface area contributed by atoms with Gasteiger partial charge in [-0.1, -0.05) is 52.5 Å². The highest BCUT2D eigenvalue weighted by molar-refractivity contribution is 5.97. The summed E-state index contributed by atoms with van der Waals surface area (Å²) >= 11 is 0. The predicted molar refractivity (Wildman–Crippen MR) is 95.5 cm³/mol. The Morgan fingerprint density at radius 1 is 1.09 bits per heavy atom. The molecule has 0 fully saturated rings. The molecule has 2 rings (SSSR count). The molecule has 1 aromatic carbocycles. The minimum Gasteiger partial charge on any atom is -0.366 e. The molecular formula is C20H24N2O. The molecule has 0 aliphatic rings. The van der Waals surface area contributed by atoms with Crippen molar-refractivity contribution in [1.29, 1.82) is 0 Å². The molecule has 0 saturated heterocycles. The standard InChI is InChI=1S/C20H24N2O/c1-12(2)16-10-15(14(5)18-8-6-7-9-22-18)11-17(13(3)4)19(16)20(21)23/h6-13H,5H2,1-4H3,(H2,21,23). The van der Waals surface area contributed by atoms with Crippen LogP contribution in [0.3, 0.4) is 0 Å². The van der Waals surface area contributed by atoms with Crippen molar-refractivity contribution in [2.75, 3.05) is 0 Å². The molecule has 0 spiro atoms. The maximum atomic E-state index is 12.0. The van der Waals surface area contributed by atoms with Crippen molar-refractivity contribution in [2.24, 2.45) is 5.73 Å². The minimum absolute atomic E-state index is 0.200. The molecule has 0 aliphatic heterocycles. The molecule has 0 unspecified atom stereocenters. The van der Waals surface area contributed by atoms with Gasteiger partial charge in [-0.25, -0.2) is 0 Å². The Balaban J connectivity index is 2.67. The molecule has 0 bridgehead atoms. The van der Waals surface area contributed by atoms with Gasteiger partial charge in [-0.05, 0) is 40.7 Å². The molecule has 2 aromatic rings. The number of primary amides is 1. The van der Waals surface area contributed by atoms with Gasteiger partial charge in [0.05, 0.1) is 5.69 Å². The number of pyridine rings is 1. The van der Waals surface area contributed by atoms with Crippen LogP contribution in [0.1, 0.15) is 72.3 Å². The third-order valence-corrected chi connectivity index (χ3v) is 4.01. The number of nitrogens with two attached hydrogens (primary N) is 1. The van der Waals surface area contributed by atoms with Crippen molar-refractivity contribution >= 4 is 11.5 Å². The summed E-state index contributed by atoms with van der Waals surface area (Å²) in [4.78, 5) is 16.4. The molecule has 0 saturated carbocycles. The second-order valence-corrected chi connectivity index (χ2v) is 6.40. The number of benzene rings is 1. The van der Waals surface area contributed by atoms with E-state index in [-0.39, 0.29) is 17.7 Å². The molecule has 0 aliphatic carbocycles. The Hall–Kier alpha value is -2.42. The average molecular weight is 308 g/mol. The van der Waals surface area contributed by atoms with Crippen molar-refractivity contribution < 1.29 is 4.79 Å². The first-order valence-electron chi connectivity index (χ1n) is 7.91. The molecule has 3 nitrogen and oxygen atoms in total. The van der Waals surface area contributed by atoms with Gasteiger partial charge in [0.1, 0.15) is 0 Å². The highest BCUT2D eigenvalue weighted by Crippen LogP contribution is 2.32. The maximum Gasteiger partial charge on any atom is 0.249 e. The van der Waals surface area contributed by atoms with Crippen LogP contribution in [0.25, 0.3) is 5.57 Å². The first kappa shape index (κ1) is 16.9. The van der Waals surface area contributed by atoms with Gasteiger partial charge in [0, 0.05) is 17.3 Å². The summed E-state index contributed by atoms with van der Waals surface area (Å²) < 4.78 is 0. The van der Waals surface area contributed by atoms with E-state index < -0.39 is 0 Å². The van der Waals surface area contributed by atoms with Crippen molar-refractivity contribution in [3.8, 4) is 0 Å². The molecule has 0 atom stereocenters. The zero-order valence-corrected chi connectivity index (χ0v) is 14.3. The predicted octanol–water partition coefficient (Wildman–Crippen LogP) is 4.49. The molecule has 0 radical (unpaired) electrons. The van der Waals surface area contributed by atoms with E-state index in [1.54, 1.807) is 6.20 Å². The summed E-state index contributed by atoms with van der Waals surface area (Å²) in [5.41, 5.74) is 10.9. The van der Waals surface area contributed by atoms with E-state index in [0.717, 1.165) is 28.0 Å². The fourth-order valence-electron chi connectivity index (χ4n) is 2.75. The van der Waals surface area contributed by atoms with E-state index in [4.69, 9.17) is 5.73 Å². The normalized spacial score (nSPS) is 11.0. The summed E-state index contributed by atoms with van der Waals surface area (Å²) in [6.45, 7) is 12.5. The van der Waals surface area contributed by atoms with Gasteiger partial charge < -0.3 is 5.73 Å². The molecule has 1 heterocycles. The van der Waals surface area contributed by atoms with Crippen LogP contribution in [0, 0.1) is 0 Å². The summed E-state index contributed by atoms with van der Waals surface area (Å²) in [7, 11) is 0. The van der Waals surface area contributed by atoms with Crippen molar-refractivity contribution in [3.63, 3.8) is 0 Å². The Labute approximate surface area is 138 Å². The number of carbonyl (C=O) groups is 1. The van der Waals surface area contributed by atoms with Crippen LogP contribution >= 0.6 is 0 Å². The third-order valence-electron chi connectivity index (χ3n) is 4.01. The average Bonchev–Trinajstić information content (AvgIpc) is 2.53. The fraction of sp³-hybridized carbons (Fsp3) is 0.300. The minimum atomic E-state index is -0.368. The van der Waals surface area contributed by atoms with E-state index in [9.17, 15) is 4.79 Å². The second-order valence-electron chi connectivity index (χ2n) is 6.40. The van der Waals surface area contributed by atoms with Gasteiger partial charge in [0.2, 0.25) is 5.91 Å². The Morgan fingerprint density at radius 3 is 2.04 bits per heavy atom. The molecule has 120 valence electrons. The second kappa shape index (κ2) is 6.78. The number of amides is 1. The van der Waals surface area contributed by atoms with Crippen LogP contribution in [-0.2, 0) is 0 Å². The number of rotatable bonds is 5. The fourth-order valence-corrected chi connectivity index (χ4v) is 2.75. The van der Waals surface area contributed by atoms with Crippen LogP contribution in [-0.4, -0.2) is 10.9 Å². The summed E-state index contributed by atoms with van der Waals surface area (Å²) in [6.07, 6.45) is 1.75. The summed E-state index contributed by atoms with van der Waals surface area (Å²) in [6, 6.07) is 9.81. The van der Waals surface area contributed by atoms with Crippen LogP contribution in [0.4, 0.5) is 0 Å². The number of carbonyl (C=O) groups excluding carboxylic acids is 1. The molecule has 1 aromatic heterocycles. The number of nitrogens with zero attached hydrogens (tertiary/aromatic N) is 1. The number of hydrogen-bond donors (Lipinski definition) is 1. The van der Waals surface area contributed by atoms with Gasteiger partial charge in [-0.3, -0.25) is 9.78 Å². The first-order chi connectivity index (χ1) is 10.8. The van der Waals surface area contributed by atoms with Gasteiger partial charge >= 0.3 is 0 Å². The summed E-state index contributed by atoms with van der Waals surface area (Å²) in [5.74, 6) is 0.0327. The van der Waals surface area contributed by atoms with Crippen molar-refractivity contribution in [3.05, 3.63) is 71.1 Å². The lowest BCUT2D eigenvalue weighted by Crippen LogP contribution is -2.18. The Bertz CT molecular complexity index is 702. The van der Waals surface area contributed by atoms with E-state index in [1.807, 2.05) is 30.3 Å². The lowest BCUT2D eigenvalue weighted by molar-refractivity contribution is 0.0998. The quantitative estimate of drug-likeness (QED) is 0.884. The van der Waals surface area contributed by atoms with Gasteiger partial charge in [-0.2, -0.15) is 0 Å². The zero-order valence-electron chi connectivity index (χ0n) is 14.3. The van der Waals surface area contributed by atoms with Crippen LogP contribution < -0.4 is 5.73 Å². The zero-order chi connectivity index (χ0) is 17.1. The topological polar surface area (TPSA) is 56.0 Å². The van der Waals surface area contributed by atoms with Gasteiger partial charge in [0.15, 0.2) is 0 Å². The third kappa shape index (κ3) is 3.50. The maximum absolute atomic E-state index is 12.0. The molecule has 3 heteroatoms. The Morgan fingerprint density at radius 2 is 1.65 bits per heavy atom. The lowest BCUT2D eigenvalue weighted by atomic mass is 9.84. The van der Waals surface area contributed by atoms with Gasteiger partial charge in [0.25, 0.3) is 0 Å². The van der Waals surface area contributed by atoms with Crippen LogP contribution in [0.2, 0.25) is 0 Å². The van der Waals surface area contributed by atoms with Gasteiger partial charge in [-0.15, -0.1) is 0 Å².